The van der Waals surface area contributed by atoms with Gasteiger partial charge in [0.2, 0.25) is 0 Å². The maximum atomic E-state index is 11.6. The molecular weight excluding hydrogens is 458 g/mol. The number of nitrogens with zero attached hydrogens (tertiary/aromatic N) is 2. The highest BCUT2D eigenvalue weighted by molar-refractivity contribution is 6.34. The van der Waals surface area contributed by atoms with E-state index in [0.29, 0.717) is 16.9 Å². The van der Waals surface area contributed by atoms with Crippen molar-refractivity contribution in [3.63, 3.8) is 0 Å². The molecule has 0 spiro atoms. The molecule has 0 aliphatic heterocycles. The lowest BCUT2D eigenvalue weighted by molar-refractivity contribution is 0.0696. The number of aromatic nitrogens is 2. The zero-order valence-corrected chi connectivity index (χ0v) is 19.7. The van der Waals surface area contributed by atoms with E-state index in [1.807, 2.05) is 48.5 Å². The monoisotopic (exact) mass is 479 g/mol. The van der Waals surface area contributed by atoms with Gasteiger partial charge in [-0.2, -0.15) is 0 Å². The summed E-state index contributed by atoms with van der Waals surface area (Å²) in [7, 11) is 0. The number of pyridine rings is 2. The number of carboxylic acids is 1. The van der Waals surface area contributed by atoms with Crippen LogP contribution in [-0.4, -0.2) is 21.0 Å². The molecule has 5 nitrogen and oxygen atoms in total. The summed E-state index contributed by atoms with van der Waals surface area (Å²) >= 11 is 6.78. The number of fused-ring (bicyclic) bond motifs is 1. The summed E-state index contributed by atoms with van der Waals surface area (Å²) in [5.74, 6) is -0.389. The van der Waals surface area contributed by atoms with Crippen molar-refractivity contribution < 1.29 is 9.90 Å². The molecule has 3 aromatic carbocycles. The molecule has 172 valence electrons. The number of benzene rings is 3. The molecular formula is C29H22ClN3O2. The van der Waals surface area contributed by atoms with E-state index in [9.17, 15) is 9.90 Å². The fraction of sp³-hybridized carbons (Fsp3) is 0.0690. The van der Waals surface area contributed by atoms with Gasteiger partial charge >= 0.3 is 5.97 Å². The first-order valence-corrected chi connectivity index (χ1v) is 11.6. The maximum absolute atomic E-state index is 11.6. The molecule has 5 rings (SSSR count). The van der Waals surface area contributed by atoms with E-state index in [-0.39, 0.29) is 16.8 Å². The van der Waals surface area contributed by atoms with Gasteiger partial charge in [-0.25, -0.2) is 9.78 Å². The topological polar surface area (TPSA) is 75.1 Å². The Bertz CT molecular complexity index is 1520. The van der Waals surface area contributed by atoms with Gasteiger partial charge in [0.25, 0.3) is 0 Å². The molecule has 2 heterocycles. The molecule has 5 aromatic rings. The number of hydrogen-bond acceptors (Lipinski definition) is 4. The maximum Gasteiger partial charge on any atom is 0.337 e. The van der Waals surface area contributed by atoms with E-state index >= 15 is 0 Å². The lowest BCUT2D eigenvalue weighted by atomic mass is 9.94. The summed E-state index contributed by atoms with van der Waals surface area (Å²) in [6.45, 7) is 2.08. The Labute approximate surface area is 208 Å². The van der Waals surface area contributed by atoms with Gasteiger partial charge in [-0.05, 0) is 35.1 Å². The van der Waals surface area contributed by atoms with Crippen molar-refractivity contribution in [3.05, 3.63) is 114 Å². The molecule has 2 N–H and O–H groups in total. The molecule has 0 bridgehead atoms. The van der Waals surface area contributed by atoms with Gasteiger partial charge in [-0.3, -0.25) is 4.98 Å². The number of hydrogen-bond donors (Lipinski definition) is 2. The Hall–Kier alpha value is -4.22. The van der Waals surface area contributed by atoms with Crippen LogP contribution in [-0.2, 0) is 0 Å². The second-order valence-electron chi connectivity index (χ2n) is 8.26. The Morgan fingerprint density at radius 3 is 2.34 bits per heavy atom. The number of nitrogens with one attached hydrogen (secondary N) is 1. The van der Waals surface area contributed by atoms with Gasteiger partial charge in [0.05, 0.1) is 5.56 Å². The standard InChI is InChI=1S/C29H22ClN3O2/c1-18(19-9-4-2-5-10-19)32-28-26-23(20-11-6-3-7-12-20)13-8-14-24(26)25(27(30)33-28)21-15-22(29(34)35)17-31-16-21/h2-18H,1H3,(H,32,33)(H,34,35). The molecule has 0 fully saturated rings. The average molecular weight is 480 g/mol. The molecule has 0 saturated heterocycles. The van der Waals surface area contributed by atoms with Crippen LogP contribution >= 0.6 is 11.6 Å². The minimum Gasteiger partial charge on any atom is -0.478 e. The zero-order valence-electron chi connectivity index (χ0n) is 18.9. The van der Waals surface area contributed by atoms with E-state index in [1.165, 1.54) is 6.20 Å². The molecule has 0 amide bonds. The normalized spacial score (nSPS) is 11.8. The number of aromatic carboxylic acids is 1. The second kappa shape index (κ2) is 9.57. The third kappa shape index (κ3) is 4.46. The van der Waals surface area contributed by atoms with E-state index in [1.54, 1.807) is 12.3 Å². The third-order valence-corrected chi connectivity index (χ3v) is 6.27. The highest BCUT2D eigenvalue weighted by Crippen LogP contribution is 2.42. The van der Waals surface area contributed by atoms with Crippen LogP contribution in [0.25, 0.3) is 33.0 Å². The van der Waals surface area contributed by atoms with Crippen molar-refractivity contribution in [3.8, 4) is 22.3 Å². The molecule has 2 aromatic heterocycles. The molecule has 0 radical (unpaired) electrons. The molecule has 1 atom stereocenters. The van der Waals surface area contributed by atoms with Crippen molar-refractivity contribution >= 4 is 34.2 Å². The number of rotatable bonds is 6. The zero-order chi connectivity index (χ0) is 24.4. The van der Waals surface area contributed by atoms with Crippen LogP contribution in [0, 0.1) is 0 Å². The largest absolute Gasteiger partial charge is 0.478 e. The number of halogens is 1. The molecule has 6 heteroatoms. The van der Waals surface area contributed by atoms with Crippen molar-refractivity contribution in [2.24, 2.45) is 0 Å². The van der Waals surface area contributed by atoms with E-state index < -0.39 is 5.97 Å². The average Bonchev–Trinajstić information content (AvgIpc) is 2.89. The summed E-state index contributed by atoms with van der Waals surface area (Å²) in [4.78, 5) is 20.5. The van der Waals surface area contributed by atoms with Gasteiger partial charge < -0.3 is 10.4 Å². The highest BCUT2D eigenvalue weighted by Gasteiger charge is 2.20. The van der Waals surface area contributed by atoms with Crippen LogP contribution in [0.3, 0.4) is 0 Å². The van der Waals surface area contributed by atoms with Gasteiger partial charge in [-0.1, -0.05) is 90.5 Å². The van der Waals surface area contributed by atoms with Crippen LogP contribution in [0.5, 0.6) is 0 Å². The Morgan fingerprint density at radius 2 is 1.63 bits per heavy atom. The minimum atomic E-state index is -1.05. The smallest absolute Gasteiger partial charge is 0.337 e. The quantitative estimate of drug-likeness (QED) is 0.247. The summed E-state index contributed by atoms with van der Waals surface area (Å²) in [5, 5.41) is 15.1. The summed E-state index contributed by atoms with van der Waals surface area (Å²) in [6, 6.07) is 27.8. The molecule has 0 saturated carbocycles. The van der Waals surface area contributed by atoms with Gasteiger partial charge in [0.15, 0.2) is 0 Å². The number of carboxylic acid groups (broad SMARTS) is 1. The Morgan fingerprint density at radius 1 is 0.914 bits per heavy atom. The molecule has 0 aliphatic carbocycles. The molecule has 35 heavy (non-hydrogen) atoms. The van der Waals surface area contributed by atoms with E-state index in [0.717, 1.165) is 27.5 Å². The molecule has 1 unspecified atom stereocenters. The van der Waals surface area contributed by atoms with Gasteiger partial charge in [0.1, 0.15) is 11.0 Å². The highest BCUT2D eigenvalue weighted by atomic mass is 35.5. The van der Waals surface area contributed by atoms with Crippen molar-refractivity contribution in [2.45, 2.75) is 13.0 Å². The second-order valence-corrected chi connectivity index (χ2v) is 8.62. The van der Waals surface area contributed by atoms with Crippen molar-refractivity contribution in [1.29, 1.82) is 0 Å². The fourth-order valence-corrected chi connectivity index (χ4v) is 4.59. The fourth-order valence-electron chi connectivity index (χ4n) is 4.30. The first kappa shape index (κ1) is 22.6. The lowest BCUT2D eigenvalue weighted by Crippen LogP contribution is -2.09. The van der Waals surface area contributed by atoms with Crippen LogP contribution in [0.2, 0.25) is 5.15 Å². The van der Waals surface area contributed by atoms with Crippen LogP contribution in [0.1, 0.15) is 28.9 Å². The summed E-state index contributed by atoms with van der Waals surface area (Å²) in [5.41, 5.74) is 4.50. The van der Waals surface area contributed by atoms with Crippen LogP contribution < -0.4 is 5.32 Å². The number of carbonyl (C=O) groups is 1. The predicted octanol–water partition coefficient (Wildman–Crippen LogP) is 7.49. The summed E-state index contributed by atoms with van der Waals surface area (Å²) < 4.78 is 0. The van der Waals surface area contributed by atoms with E-state index in [2.05, 4.69) is 47.6 Å². The van der Waals surface area contributed by atoms with E-state index in [4.69, 9.17) is 16.6 Å². The van der Waals surface area contributed by atoms with Crippen molar-refractivity contribution in [2.75, 3.05) is 5.32 Å². The molecule has 0 aliphatic rings. The predicted molar refractivity (Wildman–Crippen MR) is 141 cm³/mol. The Balaban J connectivity index is 1.77. The SMILES string of the molecule is CC(Nc1nc(Cl)c(-c2cncc(C(=O)O)c2)c2cccc(-c3ccccc3)c12)c1ccccc1. The lowest BCUT2D eigenvalue weighted by Gasteiger charge is -2.20. The number of anilines is 1. The van der Waals surface area contributed by atoms with Gasteiger partial charge in [0, 0.05) is 34.9 Å². The van der Waals surface area contributed by atoms with Crippen LogP contribution in [0.15, 0.2) is 97.3 Å². The first-order valence-electron chi connectivity index (χ1n) is 11.2. The Kier molecular flexibility index (Phi) is 6.17. The summed E-state index contributed by atoms with van der Waals surface area (Å²) in [6.07, 6.45) is 2.94. The van der Waals surface area contributed by atoms with Crippen molar-refractivity contribution in [1.82, 2.24) is 9.97 Å². The first-order chi connectivity index (χ1) is 17.0. The van der Waals surface area contributed by atoms with Gasteiger partial charge in [-0.15, -0.1) is 0 Å². The van der Waals surface area contributed by atoms with Crippen LogP contribution in [0.4, 0.5) is 5.82 Å². The third-order valence-electron chi connectivity index (χ3n) is 6.00. The minimum absolute atomic E-state index is 0.0188.